The van der Waals surface area contributed by atoms with E-state index in [9.17, 15) is 0 Å². The highest BCUT2D eigenvalue weighted by molar-refractivity contribution is 6.23. The van der Waals surface area contributed by atoms with Gasteiger partial charge in [0.2, 0.25) is 5.95 Å². The average Bonchev–Trinajstić information content (AvgIpc) is 3.85. The third-order valence-electron chi connectivity index (χ3n) is 11.6. The number of aromatic nitrogens is 3. The first-order valence-corrected chi connectivity index (χ1v) is 19.7. The van der Waals surface area contributed by atoms with Crippen molar-refractivity contribution in [1.82, 2.24) is 14.5 Å². The number of benzene rings is 9. The zero-order chi connectivity index (χ0) is 38.2. The molecule has 0 bridgehead atoms. The number of para-hydroxylation sites is 3. The molecule has 0 aliphatic heterocycles. The Morgan fingerprint density at radius 1 is 0.379 bits per heavy atom. The summed E-state index contributed by atoms with van der Waals surface area (Å²) >= 11 is 0. The summed E-state index contributed by atoms with van der Waals surface area (Å²) in [5.41, 5.74) is 13.7. The predicted molar refractivity (Wildman–Crippen MR) is 240 cm³/mol. The normalized spacial score (nSPS) is 11.8. The molecule has 0 aliphatic rings. The van der Waals surface area contributed by atoms with Gasteiger partial charge < -0.3 is 4.42 Å². The Morgan fingerprint density at radius 2 is 1.00 bits per heavy atom. The van der Waals surface area contributed by atoms with Crippen molar-refractivity contribution in [3.63, 3.8) is 0 Å². The van der Waals surface area contributed by atoms with E-state index in [1.165, 1.54) is 16.2 Å². The first kappa shape index (κ1) is 32.4. The molecule has 3 aromatic heterocycles. The lowest BCUT2D eigenvalue weighted by atomic mass is 9.95. The van der Waals surface area contributed by atoms with Crippen molar-refractivity contribution in [2.24, 2.45) is 0 Å². The fourth-order valence-corrected chi connectivity index (χ4v) is 8.91. The van der Waals surface area contributed by atoms with Gasteiger partial charge in [-0.3, -0.25) is 4.57 Å². The number of rotatable bonds is 5. The Kier molecular flexibility index (Phi) is 7.20. The summed E-state index contributed by atoms with van der Waals surface area (Å²) in [4.78, 5) is 10.7. The molecule has 0 fully saturated rings. The lowest BCUT2D eigenvalue weighted by Gasteiger charge is -2.14. The summed E-state index contributed by atoms with van der Waals surface area (Å²) in [6, 6.07) is 71.0. The van der Waals surface area contributed by atoms with Crippen molar-refractivity contribution in [3.8, 4) is 50.6 Å². The van der Waals surface area contributed by atoms with E-state index in [4.69, 9.17) is 14.4 Å². The van der Waals surface area contributed by atoms with Crippen LogP contribution in [0.25, 0.3) is 116 Å². The molecule has 3 heterocycles. The van der Waals surface area contributed by atoms with Crippen LogP contribution in [0.4, 0.5) is 0 Å². The van der Waals surface area contributed by atoms with Gasteiger partial charge in [-0.25, -0.2) is 9.97 Å². The molecule has 58 heavy (non-hydrogen) atoms. The molecule has 0 amide bonds. The monoisotopic (exact) mass is 739 g/mol. The Hall–Kier alpha value is -7.82. The van der Waals surface area contributed by atoms with Crippen LogP contribution in [0.5, 0.6) is 0 Å². The van der Waals surface area contributed by atoms with E-state index in [0.717, 1.165) is 93.9 Å². The van der Waals surface area contributed by atoms with Crippen molar-refractivity contribution in [1.29, 1.82) is 0 Å². The van der Waals surface area contributed by atoms with Crippen LogP contribution < -0.4 is 0 Å². The SMILES string of the molecule is c1ccc(-c2nc(-n3c4ccc5ccccc5c4c4cccc(-c5cccc(-c6cccc(-c7ccc8oc9ccccc9c8c7)c6)c5)c43)nc3ccccc23)cc1. The van der Waals surface area contributed by atoms with E-state index in [1.54, 1.807) is 0 Å². The van der Waals surface area contributed by atoms with Gasteiger partial charge in [0.25, 0.3) is 0 Å². The van der Waals surface area contributed by atoms with Gasteiger partial charge in [-0.15, -0.1) is 0 Å². The van der Waals surface area contributed by atoms with Crippen molar-refractivity contribution in [2.75, 3.05) is 0 Å². The number of hydrogen-bond donors (Lipinski definition) is 0. The highest BCUT2D eigenvalue weighted by Crippen LogP contribution is 2.42. The van der Waals surface area contributed by atoms with E-state index in [0.29, 0.717) is 5.95 Å². The van der Waals surface area contributed by atoms with Gasteiger partial charge in [-0.1, -0.05) is 158 Å². The molecule has 270 valence electrons. The predicted octanol–water partition coefficient (Wildman–Crippen LogP) is 14.4. The molecule has 0 N–H and O–H groups in total. The van der Waals surface area contributed by atoms with E-state index < -0.39 is 0 Å². The maximum absolute atomic E-state index is 6.13. The maximum Gasteiger partial charge on any atom is 0.235 e. The molecule has 9 aromatic carbocycles. The van der Waals surface area contributed by atoms with Crippen molar-refractivity contribution >= 4 is 65.4 Å². The quantitative estimate of drug-likeness (QED) is 0.177. The van der Waals surface area contributed by atoms with Gasteiger partial charge in [0.1, 0.15) is 11.2 Å². The minimum absolute atomic E-state index is 0.645. The average molecular weight is 740 g/mol. The second-order valence-corrected chi connectivity index (χ2v) is 14.9. The first-order valence-electron chi connectivity index (χ1n) is 19.7. The van der Waals surface area contributed by atoms with Crippen LogP contribution in [0.3, 0.4) is 0 Å². The van der Waals surface area contributed by atoms with Crippen LogP contribution in [0, 0.1) is 0 Å². The maximum atomic E-state index is 6.13. The fourth-order valence-electron chi connectivity index (χ4n) is 8.91. The largest absolute Gasteiger partial charge is 0.456 e. The van der Waals surface area contributed by atoms with E-state index in [1.807, 2.05) is 18.2 Å². The summed E-state index contributed by atoms with van der Waals surface area (Å²) in [5, 5.41) is 8.05. The lowest BCUT2D eigenvalue weighted by molar-refractivity contribution is 0.669. The second-order valence-electron chi connectivity index (χ2n) is 14.9. The summed E-state index contributed by atoms with van der Waals surface area (Å²) in [7, 11) is 0. The minimum Gasteiger partial charge on any atom is -0.456 e. The highest BCUT2D eigenvalue weighted by atomic mass is 16.3. The molecule has 0 atom stereocenters. The number of fused-ring (bicyclic) bond motifs is 9. The second kappa shape index (κ2) is 12.9. The Labute approximate surface area is 333 Å². The molecule has 0 unspecified atom stereocenters. The van der Waals surface area contributed by atoms with Crippen molar-refractivity contribution in [2.45, 2.75) is 0 Å². The van der Waals surface area contributed by atoms with Gasteiger partial charge in [-0.05, 0) is 81.1 Å². The van der Waals surface area contributed by atoms with Gasteiger partial charge in [0.05, 0.1) is 22.2 Å². The lowest BCUT2D eigenvalue weighted by Crippen LogP contribution is -2.04. The molecular weight excluding hydrogens is 707 g/mol. The molecule has 0 saturated heterocycles. The van der Waals surface area contributed by atoms with Crippen LogP contribution in [-0.2, 0) is 0 Å². The highest BCUT2D eigenvalue weighted by Gasteiger charge is 2.22. The zero-order valence-corrected chi connectivity index (χ0v) is 31.3. The fraction of sp³-hybridized carbons (Fsp3) is 0. The summed E-state index contributed by atoms with van der Waals surface area (Å²) < 4.78 is 8.42. The van der Waals surface area contributed by atoms with Crippen molar-refractivity contribution < 1.29 is 4.42 Å². The van der Waals surface area contributed by atoms with Gasteiger partial charge >= 0.3 is 0 Å². The Balaban J connectivity index is 1.07. The number of furan rings is 1. The summed E-state index contributed by atoms with van der Waals surface area (Å²) in [6.07, 6.45) is 0. The molecule has 12 rings (SSSR count). The standard InChI is InChI=1S/C54H33N3O/c1-2-14-35(15-3-1)52-44-22-6-8-25-47(44)55-54(56-52)57-48-29-27-34-13-4-5-20-41(34)51(48)45-24-12-23-42(53(45)57)40-19-11-18-38(32-40)36-16-10-17-37(31-36)39-28-30-50-46(33-39)43-21-7-9-26-49(43)58-50/h1-33H. The molecular formula is C54H33N3O. The van der Waals surface area contributed by atoms with Crippen LogP contribution in [-0.4, -0.2) is 14.5 Å². The number of hydrogen-bond acceptors (Lipinski definition) is 3. The zero-order valence-electron chi connectivity index (χ0n) is 31.3. The van der Waals surface area contributed by atoms with Gasteiger partial charge in [0, 0.05) is 38.1 Å². The summed E-state index contributed by atoms with van der Waals surface area (Å²) in [6.45, 7) is 0. The summed E-state index contributed by atoms with van der Waals surface area (Å²) in [5.74, 6) is 0.645. The number of nitrogens with zero attached hydrogens (tertiary/aromatic N) is 3. The van der Waals surface area contributed by atoms with Crippen LogP contribution >= 0.6 is 0 Å². The molecule has 12 aromatic rings. The first-order chi connectivity index (χ1) is 28.7. The van der Waals surface area contributed by atoms with E-state index >= 15 is 0 Å². The van der Waals surface area contributed by atoms with Gasteiger partial charge in [-0.2, -0.15) is 0 Å². The molecule has 4 nitrogen and oxygen atoms in total. The third kappa shape index (κ3) is 5.09. The molecule has 0 aliphatic carbocycles. The minimum atomic E-state index is 0.645. The Morgan fingerprint density at radius 3 is 1.84 bits per heavy atom. The molecule has 4 heteroatoms. The topological polar surface area (TPSA) is 43.9 Å². The third-order valence-corrected chi connectivity index (χ3v) is 11.6. The molecule has 0 spiro atoms. The smallest absolute Gasteiger partial charge is 0.235 e. The van der Waals surface area contributed by atoms with Crippen LogP contribution in [0.1, 0.15) is 0 Å². The van der Waals surface area contributed by atoms with E-state index in [2.05, 4.69) is 187 Å². The van der Waals surface area contributed by atoms with Crippen LogP contribution in [0.15, 0.2) is 205 Å². The van der Waals surface area contributed by atoms with Crippen molar-refractivity contribution in [3.05, 3.63) is 200 Å². The van der Waals surface area contributed by atoms with E-state index in [-0.39, 0.29) is 0 Å². The Bertz CT molecular complexity index is 3580. The molecule has 0 saturated carbocycles. The van der Waals surface area contributed by atoms with Crippen LogP contribution in [0.2, 0.25) is 0 Å². The van der Waals surface area contributed by atoms with Gasteiger partial charge in [0.15, 0.2) is 0 Å². The molecule has 0 radical (unpaired) electrons.